The molecule has 2 aromatic heterocycles. The Morgan fingerprint density at radius 3 is 2.75 bits per heavy atom. The lowest BCUT2D eigenvalue weighted by Crippen LogP contribution is -2.39. The number of piperidine rings is 1. The first kappa shape index (κ1) is 23.6. The molecule has 0 saturated carbocycles. The number of nitrogens with zero attached hydrogens (tertiary/aromatic N) is 6. The van der Waals surface area contributed by atoms with Gasteiger partial charge in [0.25, 0.3) is 0 Å². The molecule has 1 fully saturated rings. The summed E-state index contributed by atoms with van der Waals surface area (Å²) >= 11 is 0. The average Bonchev–Trinajstić information content (AvgIpc) is 3.40. The van der Waals surface area contributed by atoms with Crippen LogP contribution in [0.2, 0.25) is 0 Å². The highest BCUT2D eigenvalue weighted by molar-refractivity contribution is 5.98. The summed E-state index contributed by atoms with van der Waals surface area (Å²) in [5.74, 6) is 1.31. The molecule has 2 N–H and O–H groups in total. The van der Waals surface area contributed by atoms with E-state index in [1.807, 2.05) is 61.2 Å². The molecule has 1 atom stereocenters. The van der Waals surface area contributed by atoms with Crippen LogP contribution in [-0.2, 0) is 6.42 Å². The molecule has 1 aliphatic rings. The maximum Gasteiger partial charge on any atom is 0.241 e. The van der Waals surface area contributed by atoms with E-state index in [-0.39, 0.29) is 5.78 Å². The van der Waals surface area contributed by atoms with E-state index in [0.717, 1.165) is 41.8 Å². The van der Waals surface area contributed by atoms with Crippen molar-refractivity contribution in [3.05, 3.63) is 83.4 Å². The summed E-state index contributed by atoms with van der Waals surface area (Å²) in [5.41, 5.74) is 4.45. The Morgan fingerprint density at radius 2 is 1.97 bits per heavy atom. The van der Waals surface area contributed by atoms with Crippen LogP contribution in [0.1, 0.15) is 39.9 Å². The van der Waals surface area contributed by atoms with Crippen LogP contribution in [-0.4, -0.2) is 54.6 Å². The number of hydrogen-bond donors (Lipinski definition) is 2. The zero-order valence-electron chi connectivity index (χ0n) is 20.4. The predicted molar refractivity (Wildman–Crippen MR) is 138 cm³/mol. The second-order valence-electron chi connectivity index (χ2n) is 9.21. The number of benzene rings is 2. The van der Waals surface area contributed by atoms with E-state index in [0.29, 0.717) is 36.4 Å². The molecule has 0 spiro atoms. The number of nitrogens with one attached hydrogen (secondary N) is 1. The number of ketones is 1. The van der Waals surface area contributed by atoms with E-state index < -0.39 is 6.10 Å². The normalized spacial score (nSPS) is 15.6. The number of Topliss-reactive ketones (excluding diaryl/α,β-unsaturated/α-hetero) is 1. The summed E-state index contributed by atoms with van der Waals surface area (Å²) in [7, 11) is 0. The van der Waals surface area contributed by atoms with E-state index >= 15 is 0 Å². The van der Waals surface area contributed by atoms with Crippen molar-refractivity contribution >= 4 is 23.4 Å². The van der Waals surface area contributed by atoms with Crippen LogP contribution in [0, 0.1) is 13.8 Å². The van der Waals surface area contributed by atoms with E-state index in [9.17, 15) is 9.90 Å². The third-order valence-corrected chi connectivity index (χ3v) is 6.28. The fourth-order valence-electron chi connectivity index (χ4n) is 4.34. The van der Waals surface area contributed by atoms with Crippen molar-refractivity contribution in [3.8, 4) is 5.95 Å². The van der Waals surface area contributed by atoms with Crippen LogP contribution in [0.4, 0.5) is 17.6 Å². The molecule has 1 unspecified atom stereocenters. The molecule has 2 aromatic carbocycles. The smallest absolute Gasteiger partial charge is 0.241 e. The Hall–Kier alpha value is -4.11. The van der Waals surface area contributed by atoms with Crippen molar-refractivity contribution in [1.82, 2.24) is 24.5 Å². The van der Waals surface area contributed by atoms with Gasteiger partial charge in [0.05, 0.1) is 6.10 Å². The molecule has 1 saturated heterocycles. The topological polar surface area (TPSA) is 109 Å². The van der Waals surface area contributed by atoms with Gasteiger partial charge in [-0.05, 0) is 43.9 Å². The third-order valence-electron chi connectivity index (χ3n) is 6.28. The standard InChI is InChI=1S/C27H29N7O2/c1-18-5-3-6-20(13-18)14-24(36)21-9-8-19(2)23(15-21)29-25-30-26(33-11-4-7-22(35)16-33)32-27(31-25)34-12-10-28-17-34/h3,5-6,8-10,12-13,15,17,22,35H,4,7,11,14,16H2,1-2H3,(H,29,30,31,32). The largest absolute Gasteiger partial charge is 0.391 e. The third kappa shape index (κ3) is 5.41. The molecule has 0 aliphatic carbocycles. The minimum Gasteiger partial charge on any atom is -0.391 e. The molecule has 0 radical (unpaired) electrons. The number of aromatic nitrogens is 5. The second-order valence-corrected chi connectivity index (χ2v) is 9.21. The van der Waals surface area contributed by atoms with Crippen molar-refractivity contribution < 1.29 is 9.90 Å². The lowest BCUT2D eigenvalue weighted by molar-refractivity contribution is 0.0993. The van der Waals surface area contributed by atoms with Gasteiger partial charge in [0, 0.05) is 43.2 Å². The Balaban J connectivity index is 1.44. The van der Waals surface area contributed by atoms with E-state index in [2.05, 4.69) is 25.3 Å². The maximum absolute atomic E-state index is 13.0. The molecule has 9 heteroatoms. The second kappa shape index (κ2) is 10.2. The summed E-state index contributed by atoms with van der Waals surface area (Å²) in [6.07, 6.45) is 6.61. The lowest BCUT2D eigenvalue weighted by Gasteiger charge is -2.30. The predicted octanol–water partition coefficient (Wildman–Crippen LogP) is 3.80. The van der Waals surface area contributed by atoms with Gasteiger partial charge >= 0.3 is 0 Å². The van der Waals surface area contributed by atoms with Crippen LogP contribution in [0.25, 0.3) is 5.95 Å². The molecule has 0 amide bonds. The van der Waals surface area contributed by atoms with Gasteiger partial charge in [-0.1, -0.05) is 42.0 Å². The summed E-state index contributed by atoms with van der Waals surface area (Å²) in [4.78, 5) is 33.0. The first-order valence-electron chi connectivity index (χ1n) is 12.1. The first-order valence-corrected chi connectivity index (χ1v) is 12.1. The molecule has 0 bridgehead atoms. The number of carbonyl (C=O) groups is 1. The van der Waals surface area contributed by atoms with Gasteiger partial charge in [-0.25, -0.2) is 4.98 Å². The van der Waals surface area contributed by atoms with Crippen molar-refractivity contribution in [2.75, 3.05) is 23.3 Å². The van der Waals surface area contributed by atoms with Gasteiger partial charge in [0.15, 0.2) is 5.78 Å². The van der Waals surface area contributed by atoms with Crippen LogP contribution >= 0.6 is 0 Å². The van der Waals surface area contributed by atoms with Crippen LogP contribution in [0.15, 0.2) is 61.2 Å². The van der Waals surface area contributed by atoms with Crippen molar-refractivity contribution in [3.63, 3.8) is 0 Å². The molecule has 3 heterocycles. The Bertz CT molecular complexity index is 1370. The Labute approximate surface area is 209 Å². The maximum atomic E-state index is 13.0. The van der Waals surface area contributed by atoms with Gasteiger partial charge in [0.2, 0.25) is 17.8 Å². The summed E-state index contributed by atoms with van der Waals surface area (Å²) in [6.45, 7) is 5.21. The highest BCUT2D eigenvalue weighted by atomic mass is 16.3. The summed E-state index contributed by atoms with van der Waals surface area (Å²) in [6, 6.07) is 13.6. The molecular formula is C27H29N7O2. The van der Waals surface area contributed by atoms with Gasteiger partial charge in [0.1, 0.15) is 6.33 Å². The SMILES string of the molecule is Cc1cccc(CC(=O)c2ccc(C)c(Nc3nc(N4CCCC(O)C4)nc(-n4ccnc4)n3)c2)c1. The van der Waals surface area contributed by atoms with Crippen molar-refractivity contribution in [1.29, 1.82) is 0 Å². The molecule has 5 rings (SSSR count). The number of carbonyl (C=O) groups excluding carboxylic acids is 1. The van der Waals surface area contributed by atoms with Crippen LogP contribution in [0.3, 0.4) is 0 Å². The molecule has 4 aromatic rings. The zero-order valence-corrected chi connectivity index (χ0v) is 20.4. The number of anilines is 3. The average molecular weight is 484 g/mol. The van der Waals surface area contributed by atoms with Gasteiger partial charge < -0.3 is 15.3 Å². The van der Waals surface area contributed by atoms with E-state index in [1.165, 1.54) is 0 Å². The highest BCUT2D eigenvalue weighted by Gasteiger charge is 2.22. The number of rotatable bonds is 7. The minimum absolute atomic E-state index is 0.0430. The molecule has 1 aliphatic heterocycles. The fourth-order valence-corrected chi connectivity index (χ4v) is 4.34. The number of aliphatic hydroxyl groups is 1. The Kier molecular flexibility index (Phi) is 6.73. The molecular weight excluding hydrogens is 454 g/mol. The van der Waals surface area contributed by atoms with E-state index in [4.69, 9.17) is 0 Å². The van der Waals surface area contributed by atoms with Crippen molar-refractivity contribution in [2.45, 2.75) is 39.2 Å². The van der Waals surface area contributed by atoms with E-state index in [1.54, 1.807) is 23.3 Å². The van der Waals surface area contributed by atoms with Crippen molar-refractivity contribution in [2.24, 2.45) is 0 Å². The quantitative estimate of drug-likeness (QED) is 0.382. The Morgan fingerprint density at radius 1 is 1.11 bits per heavy atom. The molecule has 184 valence electrons. The highest BCUT2D eigenvalue weighted by Crippen LogP contribution is 2.24. The molecule has 36 heavy (non-hydrogen) atoms. The number of β-amino-alcohol motifs (C(OH)–C–C–N with tert-alkyl or cyclic N) is 1. The monoisotopic (exact) mass is 483 g/mol. The van der Waals surface area contributed by atoms with Gasteiger partial charge in [-0.3, -0.25) is 9.36 Å². The van der Waals surface area contributed by atoms with Crippen LogP contribution < -0.4 is 10.2 Å². The minimum atomic E-state index is -0.415. The van der Waals surface area contributed by atoms with Gasteiger partial charge in [-0.2, -0.15) is 15.0 Å². The lowest BCUT2D eigenvalue weighted by atomic mass is 10.00. The van der Waals surface area contributed by atoms with Gasteiger partial charge in [-0.15, -0.1) is 0 Å². The first-order chi connectivity index (χ1) is 17.4. The number of aryl methyl sites for hydroxylation is 2. The number of imidazole rings is 1. The summed E-state index contributed by atoms with van der Waals surface area (Å²) < 4.78 is 1.71. The number of aliphatic hydroxyl groups excluding tert-OH is 1. The van der Waals surface area contributed by atoms with Crippen LogP contribution in [0.5, 0.6) is 0 Å². The molecule has 9 nitrogen and oxygen atoms in total. The number of hydrogen-bond acceptors (Lipinski definition) is 8. The fraction of sp³-hybridized carbons (Fsp3) is 0.296. The zero-order chi connectivity index (χ0) is 25.1. The summed E-state index contributed by atoms with van der Waals surface area (Å²) in [5, 5.41) is 13.5.